The maximum atomic E-state index is 13.1. The van der Waals surface area contributed by atoms with Crippen LogP contribution in [0.3, 0.4) is 0 Å². The molecule has 2 aromatic rings. The van der Waals surface area contributed by atoms with Gasteiger partial charge in [0.2, 0.25) is 11.8 Å². The van der Waals surface area contributed by atoms with E-state index in [2.05, 4.69) is 10.3 Å². The standard InChI is InChI=1S/C26H33N3O2/c30-24(14-13-20-8-4-5-9-20)29-18-15-22(16-19-29)26(31)28-25(21-10-2-1-3-11-21)23-12-6-7-17-27-23/h1-3,6-7,10-12,17,20,22,25H,4-5,8-9,13-16,18-19H2,(H,28,31). The van der Waals surface area contributed by atoms with Crippen LogP contribution in [-0.2, 0) is 9.59 Å². The Labute approximate surface area is 185 Å². The fourth-order valence-electron chi connectivity index (χ4n) is 4.96. The van der Waals surface area contributed by atoms with Gasteiger partial charge in [-0.2, -0.15) is 0 Å². The molecule has 4 rings (SSSR count). The first kappa shape index (κ1) is 21.5. The first-order valence-electron chi connectivity index (χ1n) is 11.7. The second-order valence-corrected chi connectivity index (χ2v) is 8.95. The van der Waals surface area contributed by atoms with Crippen molar-refractivity contribution in [2.24, 2.45) is 11.8 Å². The first-order valence-corrected chi connectivity index (χ1v) is 11.7. The number of carbonyl (C=O) groups is 2. The molecule has 1 saturated heterocycles. The topological polar surface area (TPSA) is 62.3 Å². The van der Waals surface area contributed by atoms with Gasteiger partial charge in [0.25, 0.3) is 0 Å². The van der Waals surface area contributed by atoms with Crippen molar-refractivity contribution in [1.29, 1.82) is 0 Å². The average Bonchev–Trinajstić information content (AvgIpc) is 3.36. The van der Waals surface area contributed by atoms with Crippen LogP contribution in [-0.4, -0.2) is 34.8 Å². The maximum absolute atomic E-state index is 13.1. The Balaban J connectivity index is 1.31. The molecule has 1 saturated carbocycles. The van der Waals surface area contributed by atoms with E-state index in [1.165, 1.54) is 25.7 Å². The molecule has 1 unspecified atom stereocenters. The number of amides is 2. The number of aromatic nitrogens is 1. The lowest BCUT2D eigenvalue weighted by molar-refractivity contribution is -0.136. The van der Waals surface area contributed by atoms with E-state index in [1.807, 2.05) is 53.4 Å². The average molecular weight is 420 g/mol. The molecule has 2 aliphatic rings. The van der Waals surface area contributed by atoms with Crippen LogP contribution < -0.4 is 5.32 Å². The summed E-state index contributed by atoms with van der Waals surface area (Å²) in [6, 6.07) is 15.5. The summed E-state index contributed by atoms with van der Waals surface area (Å²) in [6.45, 7) is 1.36. The van der Waals surface area contributed by atoms with Crippen molar-refractivity contribution < 1.29 is 9.59 Å². The summed E-state index contributed by atoms with van der Waals surface area (Å²) in [7, 11) is 0. The molecular weight excluding hydrogens is 386 g/mol. The molecule has 164 valence electrons. The molecule has 1 atom stereocenters. The number of benzene rings is 1. The molecule has 1 aromatic heterocycles. The molecule has 0 radical (unpaired) electrons. The summed E-state index contributed by atoms with van der Waals surface area (Å²) in [6.07, 6.45) is 10.1. The summed E-state index contributed by atoms with van der Waals surface area (Å²) in [4.78, 5) is 32.1. The second-order valence-electron chi connectivity index (χ2n) is 8.95. The van der Waals surface area contributed by atoms with Gasteiger partial charge in [0.05, 0.1) is 11.7 Å². The zero-order valence-electron chi connectivity index (χ0n) is 18.2. The number of rotatable bonds is 7. The van der Waals surface area contributed by atoms with Gasteiger partial charge in [-0.1, -0.05) is 62.1 Å². The van der Waals surface area contributed by atoms with Crippen LogP contribution in [0.1, 0.15) is 68.7 Å². The Hall–Kier alpha value is -2.69. The first-order chi connectivity index (χ1) is 15.2. The molecule has 1 aliphatic heterocycles. The highest BCUT2D eigenvalue weighted by molar-refractivity contribution is 5.80. The van der Waals surface area contributed by atoms with E-state index in [1.54, 1.807) is 6.20 Å². The Bertz CT molecular complexity index is 802. The Kier molecular flexibility index (Phi) is 7.34. The van der Waals surface area contributed by atoms with Crippen molar-refractivity contribution in [3.05, 3.63) is 66.0 Å². The molecule has 5 nitrogen and oxygen atoms in total. The monoisotopic (exact) mass is 419 g/mol. The summed E-state index contributed by atoms with van der Waals surface area (Å²) >= 11 is 0. The van der Waals surface area contributed by atoms with Gasteiger partial charge in [-0.25, -0.2) is 0 Å². The van der Waals surface area contributed by atoms with Crippen LogP contribution in [0.15, 0.2) is 54.7 Å². The van der Waals surface area contributed by atoms with E-state index < -0.39 is 0 Å². The van der Waals surface area contributed by atoms with Gasteiger partial charge >= 0.3 is 0 Å². The predicted octanol–water partition coefficient (Wildman–Crippen LogP) is 4.50. The van der Waals surface area contributed by atoms with Gasteiger partial charge in [0.15, 0.2) is 0 Å². The Morgan fingerprint density at radius 2 is 1.68 bits per heavy atom. The molecule has 1 N–H and O–H groups in total. The Morgan fingerprint density at radius 3 is 2.35 bits per heavy atom. The molecule has 1 aliphatic carbocycles. The number of nitrogens with one attached hydrogen (secondary N) is 1. The smallest absolute Gasteiger partial charge is 0.224 e. The van der Waals surface area contributed by atoms with Crippen molar-refractivity contribution in [2.45, 2.75) is 57.4 Å². The zero-order valence-corrected chi connectivity index (χ0v) is 18.2. The molecular formula is C26H33N3O2. The third kappa shape index (κ3) is 5.72. The van der Waals surface area contributed by atoms with Gasteiger partial charge in [-0.05, 0) is 42.9 Å². The molecule has 31 heavy (non-hydrogen) atoms. The van der Waals surface area contributed by atoms with Gasteiger partial charge < -0.3 is 10.2 Å². The van der Waals surface area contributed by atoms with Crippen molar-refractivity contribution >= 4 is 11.8 Å². The van der Waals surface area contributed by atoms with E-state index >= 15 is 0 Å². The number of likely N-dealkylation sites (tertiary alicyclic amines) is 1. The van der Waals surface area contributed by atoms with Gasteiger partial charge in [0.1, 0.15) is 0 Å². The molecule has 2 amide bonds. The van der Waals surface area contributed by atoms with Crippen molar-refractivity contribution in [2.75, 3.05) is 13.1 Å². The molecule has 1 aromatic carbocycles. The van der Waals surface area contributed by atoms with E-state index in [0.29, 0.717) is 19.5 Å². The predicted molar refractivity (Wildman–Crippen MR) is 121 cm³/mol. The van der Waals surface area contributed by atoms with E-state index in [-0.39, 0.29) is 23.8 Å². The van der Waals surface area contributed by atoms with Gasteiger partial charge in [0, 0.05) is 31.6 Å². The van der Waals surface area contributed by atoms with Crippen LogP contribution in [0.25, 0.3) is 0 Å². The third-order valence-electron chi connectivity index (χ3n) is 6.86. The number of piperidine rings is 1. The van der Waals surface area contributed by atoms with Crippen molar-refractivity contribution in [3.63, 3.8) is 0 Å². The molecule has 2 fully saturated rings. The molecule has 0 bridgehead atoms. The second kappa shape index (κ2) is 10.6. The minimum atomic E-state index is -0.263. The highest BCUT2D eigenvalue weighted by atomic mass is 16.2. The minimum Gasteiger partial charge on any atom is -0.343 e. The highest BCUT2D eigenvalue weighted by Crippen LogP contribution is 2.29. The SMILES string of the molecule is O=C(NC(c1ccccc1)c1ccccn1)C1CCN(C(=O)CCC2CCCC2)CC1. The summed E-state index contributed by atoms with van der Waals surface area (Å²) in [5.74, 6) is 1.00. The lowest BCUT2D eigenvalue weighted by Crippen LogP contribution is -2.44. The summed E-state index contributed by atoms with van der Waals surface area (Å²) in [5, 5.41) is 3.22. The fourth-order valence-corrected chi connectivity index (χ4v) is 4.96. The van der Waals surface area contributed by atoms with E-state index in [4.69, 9.17) is 0 Å². The maximum Gasteiger partial charge on any atom is 0.224 e. The number of hydrogen-bond donors (Lipinski definition) is 1. The minimum absolute atomic E-state index is 0.0533. The number of nitrogens with zero attached hydrogens (tertiary/aromatic N) is 2. The van der Waals surface area contributed by atoms with Crippen LogP contribution in [0, 0.1) is 11.8 Å². The quantitative estimate of drug-likeness (QED) is 0.719. The number of hydrogen-bond acceptors (Lipinski definition) is 3. The van der Waals surface area contributed by atoms with Crippen molar-refractivity contribution in [1.82, 2.24) is 15.2 Å². The summed E-state index contributed by atoms with van der Waals surface area (Å²) < 4.78 is 0. The Morgan fingerprint density at radius 1 is 0.968 bits per heavy atom. The highest BCUT2D eigenvalue weighted by Gasteiger charge is 2.29. The van der Waals surface area contributed by atoms with Crippen LogP contribution in [0.2, 0.25) is 0 Å². The van der Waals surface area contributed by atoms with Gasteiger partial charge in [-0.15, -0.1) is 0 Å². The zero-order chi connectivity index (χ0) is 21.5. The number of pyridine rings is 1. The summed E-state index contributed by atoms with van der Waals surface area (Å²) in [5.41, 5.74) is 1.86. The normalized spacial score (nSPS) is 18.6. The van der Waals surface area contributed by atoms with E-state index in [9.17, 15) is 9.59 Å². The third-order valence-corrected chi connectivity index (χ3v) is 6.86. The van der Waals surface area contributed by atoms with Gasteiger partial charge in [-0.3, -0.25) is 14.6 Å². The lowest BCUT2D eigenvalue weighted by Gasteiger charge is -2.32. The van der Waals surface area contributed by atoms with E-state index in [0.717, 1.165) is 36.4 Å². The fraction of sp³-hybridized carbons (Fsp3) is 0.500. The van der Waals surface area contributed by atoms with Crippen LogP contribution in [0.5, 0.6) is 0 Å². The molecule has 2 heterocycles. The van der Waals surface area contributed by atoms with Crippen LogP contribution >= 0.6 is 0 Å². The lowest BCUT2D eigenvalue weighted by atomic mass is 9.93. The number of carbonyl (C=O) groups excluding carboxylic acids is 2. The largest absolute Gasteiger partial charge is 0.343 e. The molecule has 0 spiro atoms. The van der Waals surface area contributed by atoms with Crippen LogP contribution in [0.4, 0.5) is 0 Å². The molecule has 5 heteroatoms. The van der Waals surface area contributed by atoms with Crippen molar-refractivity contribution in [3.8, 4) is 0 Å².